The fraction of sp³-hybridized carbons (Fsp3) is 0.816. The molecular formula is C76H141N3O4. The number of amides is 1. The molecule has 0 spiro atoms. The maximum atomic E-state index is 13.6. The molecule has 0 N–H and O–H groups in total. The van der Waals surface area contributed by atoms with Crippen molar-refractivity contribution in [1.29, 1.82) is 0 Å². The summed E-state index contributed by atoms with van der Waals surface area (Å²) in [5.41, 5.74) is 0. The summed E-state index contributed by atoms with van der Waals surface area (Å²) in [7, 11) is 10.2. The van der Waals surface area contributed by atoms with Crippen molar-refractivity contribution < 1.29 is 19.1 Å². The molecule has 0 heterocycles. The van der Waals surface area contributed by atoms with Crippen LogP contribution in [0.5, 0.6) is 0 Å². The Morgan fingerprint density at radius 3 is 0.976 bits per heavy atom. The number of unbranched alkanes of at least 4 members (excludes halogenated alkanes) is 19. The number of allylic oxidation sites excluding steroid dienone is 12. The Labute approximate surface area is 518 Å². The smallest absolute Gasteiger partial charge is 0.409 e. The van der Waals surface area contributed by atoms with Crippen molar-refractivity contribution in [2.24, 2.45) is 23.7 Å². The zero-order chi connectivity index (χ0) is 61.1. The maximum absolute atomic E-state index is 13.6. The average molecular weight is 1160 g/mol. The predicted octanol–water partition coefficient (Wildman–Crippen LogP) is 22.8. The number of ether oxygens (including phenoxy) is 2. The van der Waals surface area contributed by atoms with Gasteiger partial charge in [-0.25, -0.2) is 4.79 Å². The van der Waals surface area contributed by atoms with Gasteiger partial charge in [-0.3, -0.25) is 4.79 Å². The van der Waals surface area contributed by atoms with Gasteiger partial charge in [0.2, 0.25) is 0 Å². The van der Waals surface area contributed by atoms with Crippen molar-refractivity contribution >= 4 is 12.1 Å². The highest BCUT2D eigenvalue weighted by atomic mass is 16.6. The summed E-state index contributed by atoms with van der Waals surface area (Å²) in [6, 6.07) is 0. The minimum atomic E-state index is -0.150. The fourth-order valence-electron chi connectivity index (χ4n) is 11.4. The Morgan fingerprint density at radius 2 is 0.627 bits per heavy atom. The third-order valence-electron chi connectivity index (χ3n) is 17.2. The van der Waals surface area contributed by atoms with Gasteiger partial charge in [0.15, 0.2) is 0 Å². The van der Waals surface area contributed by atoms with E-state index in [1.165, 1.54) is 122 Å². The van der Waals surface area contributed by atoms with E-state index in [0.717, 1.165) is 173 Å². The largest absolute Gasteiger partial charge is 0.462 e. The molecule has 484 valence electrons. The van der Waals surface area contributed by atoms with E-state index in [9.17, 15) is 9.59 Å². The normalized spacial score (nSPS) is 14.3. The number of carbonyl (C=O) groups is 2. The molecule has 0 aromatic heterocycles. The van der Waals surface area contributed by atoms with Gasteiger partial charge in [0.05, 0.1) is 0 Å². The SMILES string of the molecule is CCCCC/C=C\CCCC(CCC/C=C\CCCC(C)C(C)CCC/C=C\CCCC(OC(=O)N(C)CCCN(C)C)C(CCC/C=C\CCCCC)CCC/C=C\CCCCC)C(CC/C=C\CCCCC)OC(=O)CCCN(C)C. The van der Waals surface area contributed by atoms with Crippen LogP contribution in [0.15, 0.2) is 72.9 Å². The van der Waals surface area contributed by atoms with Crippen LogP contribution < -0.4 is 0 Å². The topological polar surface area (TPSA) is 62.3 Å². The highest BCUT2D eigenvalue weighted by Gasteiger charge is 2.27. The first-order chi connectivity index (χ1) is 40.4. The lowest BCUT2D eigenvalue weighted by Gasteiger charge is -2.29. The molecule has 0 saturated carbocycles. The summed E-state index contributed by atoms with van der Waals surface area (Å²) in [4.78, 5) is 33.0. The molecule has 0 rings (SSSR count). The van der Waals surface area contributed by atoms with Gasteiger partial charge in [0.1, 0.15) is 12.2 Å². The molecule has 7 nitrogen and oxygen atoms in total. The van der Waals surface area contributed by atoms with Crippen LogP contribution in [0.1, 0.15) is 311 Å². The Morgan fingerprint density at radius 1 is 0.325 bits per heavy atom. The van der Waals surface area contributed by atoms with E-state index in [2.05, 4.69) is 152 Å². The molecule has 0 bridgehead atoms. The van der Waals surface area contributed by atoms with Crippen LogP contribution in [0.3, 0.4) is 0 Å². The van der Waals surface area contributed by atoms with Crippen LogP contribution >= 0.6 is 0 Å². The molecule has 0 aliphatic heterocycles. The van der Waals surface area contributed by atoms with E-state index < -0.39 is 0 Å². The third kappa shape index (κ3) is 53.1. The monoisotopic (exact) mass is 1160 g/mol. The van der Waals surface area contributed by atoms with Crippen LogP contribution in [0, 0.1) is 23.7 Å². The lowest BCUT2D eigenvalue weighted by Crippen LogP contribution is -2.36. The van der Waals surface area contributed by atoms with E-state index in [-0.39, 0.29) is 24.3 Å². The average Bonchev–Trinajstić information content (AvgIpc) is 3.49. The fourth-order valence-corrected chi connectivity index (χ4v) is 11.4. The zero-order valence-corrected chi connectivity index (χ0v) is 57.2. The summed E-state index contributed by atoms with van der Waals surface area (Å²) in [6.07, 6.45) is 76.8. The number of rotatable bonds is 60. The first-order valence-electron chi connectivity index (χ1n) is 35.7. The van der Waals surface area contributed by atoms with Crippen LogP contribution in [-0.4, -0.2) is 93.8 Å². The molecular weight excluding hydrogens is 1020 g/mol. The third-order valence-corrected chi connectivity index (χ3v) is 17.2. The Bertz CT molecular complexity index is 1570. The van der Waals surface area contributed by atoms with Gasteiger partial charge in [0, 0.05) is 20.0 Å². The number of esters is 1. The van der Waals surface area contributed by atoms with Crippen molar-refractivity contribution in [1.82, 2.24) is 14.7 Å². The molecule has 0 fully saturated rings. The highest BCUT2D eigenvalue weighted by molar-refractivity contribution is 5.69. The Hall–Kier alpha value is -2.90. The molecule has 0 radical (unpaired) electrons. The van der Waals surface area contributed by atoms with Gasteiger partial charge in [-0.1, -0.05) is 179 Å². The standard InChI is InChI=1S/C76H141N3O4/c1-12-16-20-24-28-32-41-49-59-71(73(63-53-45-31-27-23-19-15-4)82-75(80)65-55-66-77(7)8)60-50-44-37-35-39-47-57-69(5)70(6)58-48-40-36-38-46-54-64-74(83-76(81)79(11)68-56-67-78(9)10)72(61-51-42-33-29-25-21-17-13-2)62-52-43-34-30-26-22-18-14-3/h28-38,45,69-74H,12-27,39-44,46-68H2,1-11H3/b32-28-,33-29-,34-30-,37-35-,38-36-,45-31-. The minimum Gasteiger partial charge on any atom is -0.462 e. The van der Waals surface area contributed by atoms with Crippen LogP contribution in [-0.2, 0) is 14.3 Å². The number of carbonyl (C=O) groups excluding carboxylic acids is 2. The number of nitrogens with zero attached hydrogens (tertiary/aromatic N) is 3. The van der Waals surface area contributed by atoms with E-state index in [0.29, 0.717) is 18.3 Å². The second kappa shape index (κ2) is 60.8. The van der Waals surface area contributed by atoms with E-state index in [1.54, 1.807) is 0 Å². The summed E-state index contributed by atoms with van der Waals surface area (Å²) in [5, 5.41) is 0. The van der Waals surface area contributed by atoms with Crippen molar-refractivity contribution in [2.45, 2.75) is 323 Å². The molecule has 0 aliphatic rings. The molecule has 0 saturated heterocycles. The predicted molar refractivity (Wildman–Crippen MR) is 367 cm³/mol. The second-order valence-electron chi connectivity index (χ2n) is 25.8. The van der Waals surface area contributed by atoms with Gasteiger partial charge < -0.3 is 24.2 Å². The molecule has 5 unspecified atom stereocenters. The van der Waals surface area contributed by atoms with Gasteiger partial charge in [-0.05, 0) is 264 Å². The number of hydrogen-bond donors (Lipinski definition) is 0. The van der Waals surface area contributed by atoms with Crippen molar-refractivity contribution in [3.8, 4) is 0 Å². The molecule has 0 aromatic carbocycles. The minimum absolute atomic E-state index is 0.00387. The van der Waals surface area contributed by atoms with E-state index >= 15 is 0 Å². The molecule has 0 aromatic rings. The summed E-state index contributed by atoms with van der Waals surface area (Å²) in [6.45, 7) is 16.6. The molecule has 5 atom stereocenters. The molecule has 0 aliphatic carbocycles. The maximum Gasteiger partial charge on any atom is 0.409 e. The van der Waals surface area contributed by atoms with Gasteiger partial charge in [-0.15, -0.1) is 0 Å². The van der Waals surface area contributed by atoms with Gasteiger partial charge in [-0.2, -0.15) is 0 Å². The van der Waals surface area contributed by atoms with Crippen LogP contribution in [0.4, 0.5) is 4.79 Å². The lowest BCUT2D eigenvalue weighted by atomic mass is 9.87. The second-order valence-corrected chi connectivity index (χ2v) is 25.8. The van der Waals surface area contributed by atoms with Crippen LogP contribution in [0.2, 0.25) is 0 Å². The van der Waals surface area contributed by atoms with Crippen molar-refractivity contribution in [3.05, 3.63) is 72.9 Å². The van der Waals surface area contributed by atoms with E-state index in [4.69, 9.17) is 9.47 Å². The van der Waals surface area contributed by atoms with Gasteiger partial charge in [0.25, 0.3) is 0 Å². The quantitative estimate of drug-likeness (QED) is 0.0344. The number of hydrogen-bond acceptors (Lipinski definition) is 6. The van der Waals surface area contributed by atoms with Crippen molar-refractivity contribution in [3.63, 3.8) is 0 Å². The Kier molecular flexibility index (Phi) is 58.7. The van der Waals surface area contributed by atoms with Crippen molar-refractivity contribution in [2.75, 3.05) is 54.9 Å². The molecule has 7 heteroatoms. The first-order valence-corrected chi connectivity index (χ1v) is 35.7. The summed E-state index contributed by atoms with van der Waals surface area (Å²) < 4.78 is 12.9. The summed E-state index contributed by atoms with van der Waals surface area (Å²) in [5.74, 6) is 2.25. The Balaban J connectivity index is 5.37. The molecule has 1 amide bonds. The lowest BCUT2D eigenvalue weighted by molar-refractivity contribution is -0.152. The highest BCUT2D eigenvalue weighted by Crippen LogP contribution is 2.30. The summed E-state index contributed by atoms with van der Waals surface area (Å²) >= 11 is 0. The zero-order valence-electron chi connectivity index (χ0n) is 57.2. The van der Waals surface area contributed by atoms with E-state index in [1.807, 2.05) is 11.9 Å². The molecule has 83 heavy (non-hydrogen) atoms. The van der Waals surface area contributed by atoms with Crippen LogP contribution in [0.25, 0.3) is 0 Å². The van der Waals surface area contributed by atoms with Gasteiger partial charge >= 0.3 is 12.1 Å². The first kappa shape index (κ1) is 80.1.